The molecule has 1 amide bonds. The average Bonchev–Trinajstić information content (AvgIpc) is 2.82. The van der Waals surface area contributed by atoms with Crippen LogP contribution in [0.4, 0.5) is 5.69 Å². The quantitative estimate of drug-likeness (QED) is 0.499. The van der Waals surface area contributed by atoms with Crippen LogP contribution in [0.5, 0.6) is 5.75 Å². The Kier molecular flexibility index (Phi) is 5.98. The summed E-state index contributed by atoms with van der Waals surface area (Å²) < 4.78 is 5.16. The van der Waals surface area contributed by atoms with Crippen LogP contribution in [-0.4, -0.2) is 28.0 Å². The van der Waals surface area contributed by atoms with Crippen LogP contribution >= 0.6 is 0 Å². The van der Waals surface area contributed by atoms with Crippen molar-refractivity contribution < 1.29 is 9.53 Å². The minimum absolute atomic E-state index is 0.163. The lowest BCUT2D eigenvalue weighted by Crippen LogP contribution is -2.12. The second-order valence-electron chi connectivity index (χ2n) is 7.09. The van der Waals surface area contributed by atoms with Gasteiger partial charge >= 0.3 is 0 Å². The number of carbonyl (C=O) groups excluding carboxylic acids is 1. The van der Waals surface area contributed by atoms with Gasteiger partial charge in [-0.05, 0) is 72.6 Å². The van der Waals surface area contributed by atoms with Crippen LogP contribution in [0, 0.1) is 6.92 Å². The SMILES string of the molecule is COc1ccc(NC(=O)c2ccc(C)c(Cc3ncccc3-c3ccncn3)c2)cc1. The maximum absolute atomic E-state index is 12.8. The molecular formula is C25H22N4O2. The maximum Gasteiger partial charge on any atom is 0.255 e. The van der Waals surface area contributed by atoms with E-state index in [1.807, 2.05) is 67.6 Å². The van der Waals surface area contributed by atoms with Crippen LogP contribution in [-0.2, 0) is 6.42 Å². The Morgan fingerprint density at radius 2 is 1.84 bits per heavy atom. The molecule has 2 aromatic carbocycles. The molecule has 0 saturated carbocycles. The van der Waals surface area contributed by atoms with Crippen molar-refractivity contribution in [2.24, 2.45) is 0 Å². The number of rotatable bonds is 6. The van der Waals surface area contributed by atoms with Gasteiger partial charge in [-0.1, -0.05) is 6.07 Å². The molecule has 6 heteroatoms. The van der Waals surface area contributed by atoms with Crippen LogP contribution < -0.4 is 10.1 Å². The molecule has 4 aromatic rings. The van der Waals surface area contributed by atoms with E-state index in [4.69, 9.17) is 4.74 Å². The molecule has 31 heavy (non-hydrogen) atoms. The summed E-state index contributed by atoms with van der Waals surface area (Å²) in [4.78, 5) is 25.7. The van der Waals surface area contributed by atoms with Crippen molar-refractivity contribution in [1.29, 1.82) is 0 Å². The number of hydrogen-bond donors (Lipinski definition) is 1. The molecule has 2 aromatic heterocycles. The Bertz CT molecular complexity index is 1190. The van der Waals surface area contributed by atoms with Gasteiger partial charge in [-0.25, -0.2) is 9.97 Å². The van der Waals surface area contributed by atoms with Gasteiger partial charge in [0.2, 0.25) is 0 Å². The number of methoxy groups -OCH3 is 1. The number of aryl methyl sites for hydroxylation is 1. The van der Waals surface area contributed by atoms with E-state index in [2.05, 4.69) is 20.3 Å². The first-order valence-corrected chi connectivity index (χ1v) is 9.89. The molecule has 0 saturated heterocycles. The molecule has 0 aliphatic carbocycles. The number of pyridine rings is 1. The predicted molar refractivity (Wildman–Crippen MR) is 120 cm³/mol. The monoisotopic (exact) mass is 410 g/mol. The van der Waals surface area contributed by atoms with E-state index in [9.17, 15) is 4.79 Å². The summed E-state index contributed by atoms with van der Waals surface area (Å²) in [5.74, 6) is 0.578. The van der Waals surface area contributed by atoms with Gasteiger partial charge in [0, 0.05) is 35.6 Å². The first-order chi connectivity index (χ1) is 15.1. The third-order valence-electron chi connectivity index (χ3n) is 5.07. The number of hydrogen-bond acceptors (Lipinski definition) is 5. The first kappa shape index (κ1) is 20.2. The molecule has 0 radical (unpaired) electrons. The molecule has 0 aliphatic rings. The lowest BCUT2D eigenvalue weighted by molar-refractivity contribution is 0.102. The summed E-state index contributed by atoms with van der Waals surface area (Å²) in [6.45, 7) is 2.04. The Morgan fingerprint density at radius 1 is 1.00 bits per heavy atom. The number of aromatic nitrogens is 3. The van der Waals surface area contributed by atoms with Crippen molar-refractivity contribution in [2.45, 2.75) is 13.3 Å². The van der Waals surface area contributed by atoms with E-state index >= 15 is 0 Å². The normalized spacial score (nSPS) is 10.5. The number of ether oxygens (including phenoxy) is 1. The molecule has 0 atom stereocenters. The van der Waals surface area contributed by atoms with Crippen molar-refractivity contribution in [1.82, 2.24) is 15.0 Å². The second kappa shape index (κ2) is 9.17. The van der Waals surface area contributed by atoms with Gasteiger partial charge in [-0.3, -0.25) is 9.78 Å². The first-order valence-electron chi connectivity index (χ1n) is 9.89. The number of nitrogens with zero attached hydrogens (tertiary/aromatic N) is 3. The van der Waals surface area contributed by atoms with E-state index in [1.165, 1.54) is 6.33 Å². The fourth-order valence-corrected chi connectivity index (χ4v) is 3.32. The Morgan fingerprint density at radius 3 is 2.58 bits per heavy atom. The minimum atomic E-state index is -0.163. The molecule has 2 heterocycles. The van der Waals surface area contributed by atoms with Crippen LogP contribution in [0.3, 0.4) is 0 Å². The molecule has 0 spiro atoms. The second-order valence-corrected chi connectivity index (χ2v) is 7.09. The van der Waals surface area contributed by atoms with Crippen LogP contribution in [0.1, 0.15) is 27.2 Å². The van der Waals surface area contributed by atoms with Crippen molar-refractivity contribution in [3.63, 3.8) is 0 Å². The highest BCUT2D eigenvalue weighted by atomic mass is 16.5. The van der Waals surface area contributed by atoms with Crippen LogP contribution in [0.15, 0.2) is 79.4 Å². The fraction of sp³-hybridized carbons (Fsp3) is 0.120. The van der Waals surface area contributed by atoms with E-state index in [1.54, 1.807) is 19.5 Å². The van der Waals surface area contributed by atoms with Gasteiger partial charge < -0.3 is 10.1 Å². The lowest BCUT2D eigenvalue weighted by Gasteiger charge is -2.12. The van der Waals surface area contributed by atoms with Gasteiger partial charge in [-0.2, -0.15) is 0 Å². The topological polar surface area (TPSA) is 77.0 Å². The number of benzene rings is 2. The summed E-state index contributed by atoms with van der Waals surface area (Å²) in [7, 11) is 1.61. The van der Waals surface area contributed by atoms with Gasteiger partial charge in [-0.15, -0.1) is 0 Å². The third kappa shape index (κ3) is 4.75. The highest BCUT2D eigenvalue weighted by Gasteiger charge is 2.13. The largest absolute Gasteiger partial charge is 0.497 e. The average molecular weight is 410 g/mol. The van der Waals surface area contributed by atoms with Crippen molar-refractivity contribution in [3.05, 3.63) is 102 Å². The number of anilines is 1. The maximum atomic E-state index is 12.8. The number of nitrogens with one attached hydrogen (secondary N) is 1. The fourth-order valence-electron chi connectivity index (χ4n) is 3.32. The summed E-state index contributed by atoms with van der Waals surface area (Å²) in [5.41, 5.74) is 6.12. The number of amides is 1. The highest BCUT2D eigenvalue weighted by Crippen LogP contribution is 2.24. The zero-order valence-electron chi connectivity index (χ0n) is 17.4. The summed E-state index contributed by atoms with van der Waals surface area (Å²) in [6.07, 6.45) is 5.61. The molecule has 154 valence electrons. The molecule has 4 rings (SSSR count). The molecule has 0 fully saturated rings. The van der Waals surface area contributed by atoms with E-state index in [0.717, 1.165) is 33.8 Å². The van der Waals surface area contributed by atoms with Crippen molar-refractivity contribution in [2.75, 3.05) is 12.4 Å². The molecule has 0 bridgehead atoms. The van der Waals surface area contributed by atoms with Crippen molar-refractivity contribution in [3.8, 4) is 17.0 Å². The smallest absolute Gasteiger partial charge is 0.255 e. The molecular weight excluding hydrogens is 388 g/mol. The van der Waals surface area contributed by atoms with Gasteiger partial charge in [0.1, 0.15) is 12.1 Å². The Hall–Kier alpha value is -4.06. The van der Waals surface area contributed by atoms with E-state index in [0.29, 0.717) is 17.7 Å². The summed E-state index contributed by atoms with van der Waals surface area (Å²) >= 11 is 0. The summed E-state index contributed by atoms with van der Waals surface area (Å²) in [6, 6.07) is 18.7. The summed E-state index contributed by atoms with van der Waals surface area (Å²) in [5, 5.41) is 2.93. The minimum Gasteiger partial charge on any atom is -0.497 e. The van der Waals surface area contributed by atoms with Crippen LogP contribution in [0.25, 0.3) is 11.3 Å². The zero-order chi connectivity index (χ0) is 21.6. The molecule has 1 N–H and O–H groups in total. The number of carbonyl (C=O) groups is 1. The van der Waals surface area contributed by atoms with Crippen molar-refractivity contribution >= 4 is 11.6 Å². The van der Waals surface area contributed by atoms with E-state index in [-0.39, 0.29) is 5.91 Å². The highest BCUT2D eigenvalue weighted by molar-refractivity contribution is 6.04. The molecule has 0 aliphatic heterocycles. The van der Waals surface area contributed by atoms with Gasteiger partial charge in [0.25, 0.3) is 5.91 Å². The van der Waals surface area contributed by atoms with Crippen LogP contribution in [0.2, 0.25) is 0 Å². The molecule has 6 nitrogen and oxygen atoms in total. The predicted octanol–water partition coefficient (Wildman–Crippen LogP) is 4.70. The van der Waals surface area contributed by atoms with Gasteiger partial charge in [0.15, 0.2) is 0 Å². The van der Waals surface area contributed by atoms with Gasteiger partial charge in [0.05, 0.1) is 18.5 Å². The molecule has 0 unspecified atom stereocenters. The third-order valence-corrected chi connectivity index (χ3v) is 5.07. The Labute approximate surface area is 181 Å². The van der Waals surface area contributed by atoms with E-state index < -0.39 is 0 Å². The lowest BCUT2D eigenvalue weighted by atomic mass is 9.97. The standard InChI is InChI=1S/C25H22N4O2/c1-17-5-6-18(25(30)29-20-7-9-21(31-2)10-8-20)14-19(17)15-24-22(4-3-12-27-24)23-11-13-26-16-28-23/h3-14,16H,15H2,1-2H3,(H,29,30). The zero-order valence-corrected chi connectivity index (χ0v) is 17.4. The Balaban J connectivity index is 1.58.